The Bertz CT molecular complexity index is 572. The first-order valence-corrected chi connectivity index (χ1v) is 7.69. The summed E-state index contributed by atoms with van der Waals surface area (Å²) in [4.78, 5) is 13.4. The predicted molar refractivity (Wildman–Crippen MR) is 81.7 cm³/mol. The average molecular weight is 291 g/mol. The van der Waals surface area contributed by atoms with Gasteiger partial charge in [-0.05, 0) is 37.3 Å². The van der Waals surface area contributed by atoms with Crippen molar-refractivity contribution in [3.05, 3.63) is 39.8 Å². The van der Waals surface area contributed by atoms with E-state index in [-0.39, 0.29) is 18.5 Å². The molecule has 0 saturated heterocycles. The lowest BCUT2D eigenvalue weighted by molar-refractivity contribution is -0.122. The maximum absolute atomic E-state index is 12.2. The zero-order valence-corrected chi connectivity index (χ0v) is 13.2. The Morgan fingerprint density at radius 2 is 2.20 bits per heavy atom. The molecule has 0 spiro atoms. The van der Waals surface area contributed by atoms with Gasteiger partial charge in [0, 0.05) is 10.6 Å². The number of aromatic nitrogens is 2. The van der Waals surface area contributed by atoms with E-state index in [2.05, 4.69) is 30.3 Å². The predicted octanol–water partition coefficient (Wildman–Crippen LogP) is 3.07. The van der Waals surface area contributed by atoms with Crippen molar-refractivity contribution in [1.29, 1.82) is 0 Å². The average Bonchev–Trinajstić information content (AvgIpc) is 2.97. The largest absolute Gasteiger partial charge is 0.347 e. The first kappa shape index (κ1) is 14.8. The van der Waals surface area contributed by atoms with Gasteiger partial charge >= 0.3 is 0 Å². The molecule has 0 radical (unpaired) electrons. The van der Waals surface area contributed by atoms with Crippen LogP contribution in [0.3, 0.4) is 0 Å². The summed E-state index contributed by atoms with van der Waals surface area (Å²) in [6, 6.07) is 6.13. The molecule has 2 aromatic rings. The zero-order chi connectivity index (χ0) is 14.7. The van der Waals surface area contributed by atoms with Gasteiger partial charge in [-0.25, -0.2) is 0 Å². The van der Waals surface area contributed by atoms with Gasteiger partial charge in [-0.1, -0.05) is 19.9 Å². The topological polar surface area (TPSA) is 46.9 Å². The van der Waals surface area contributed by atoms with E-state index < -0.39 is 0 Å². The lowest BCUT2D eigenvalue weighted by atomic mass is 10.0. The van der Waals surface area contributed by atoms with E-state index in [1.165, 1.54) is 4.88 Å². The highest BCUT2D eigenvalue weighted by Gasteiger charge is 2.19. The Balaban J connectivity index is 2.04. The molecule has 1 amide bonds. The van der Waals surface area contributed by atoms with Gasteiger partial charge in [0.2, 0.25) is 5.91 Å². The van der Waals surface area contributed by atoms with Crippen LogP contribution in [0.25, 0.3) is 0 Å². The van der Waals surface area contributed by atoms with Crippen LogP contribution in [-0.4, -0.2) is 15.7 Å². The zero-order valence-electron chi connectivity index (χ0n) is 12.4. The van der Waals surface area contributed by atoms with Crippen LogP contribution in [0.2, 0.25) is 0 Å². The quantitative estimate of drug-likeness (QED) is 0.920. The van der Waals surface area contributed by atoms with Crippen LogP contribution in [0.1, 0.15) is 36.2 Å². The van der Waals surface area contributed by atoms with E-state index in [1.807, 2.05) is 31.4 Å². The fraction of sp³-hybridized carbons (Fsp3) is 0.467. The summed E-state index contributed by atoms with van der Waals surface area (Å²) >= 11 is 1.68. The second-order valence-electron chi connectivity index (χ2n) is 5.39. The number of thiophene rings is 1. The minimum absolute atomic E-state index is 0.00306. The Morgan fingerprint density at radius 1 is 1.45 bits per heavy atom. The van der Waals surface area contributed by atoms with Gasteiger partial charge in [-0.15, -0.1) is 11.3 Å². The normalized spacial score (nSPS) is 12.7. The van der Waals surface area contributed by atoms with Gasteiger partial charge in [-0.3, -0.25) is 9.48 Å². The summed E-state index contributed by atoms with van der Waals surface area (Å²) in [5.41, 5.74) is 1.95. The molecular weight excluding hydrogens is 270 g/mol. The lowest BCUT2D eigenvalue weighted by Gasteiger charge is -2.21. The highest BCUT2D eigenvalue weighted by Crippen LogP contribution is 2.25. The van der Waals surface area contributed by atoms with Gasteiger partial charge < -0.3 is 5.32 Å². The summed E-state index contributed by atoms with van der Waals surface area (Å²) in [5, 5.41) is 9.48. The van der Waals surface area contributed by atoms with Crippen molar-refractivity contribution in [2.24, 2.45) is 5.92 Å². The van der Waals surface area contributed by atoms with Gasteiger partial charge in [0.05, 0.1) is 11.7 Å². The van der Waals surface area contributed by atoms with Crippen molar-refractivity contribution < 1.29 is 4.79 Å². The monoisotopic (exact) mass is 291 g/mol. The number of rotatable bonds is 5. The molecule has 2 rings (SSSR count). The minimum Gasteiger partial charge on any atom is -0.347 e. The Hall–Kier alpha value is -1.62. The molecule has 0 aliphatic rings. The number of carbonyl (C=O) groups excluding carboxylic acids is 1. The molecule has 0 unspecified atom stereocenters. The van der Waals surface area contributed by atoms with Crippen LogP contribution in [-0.2, 0) is 11.3 Å². The van der Waals surface area contributed by atoms with E-state index >= 15 is 0 Å². The lowest BCUT2D eigenvalue weighted by Crippen LogP contribution is -2.34. The summed E-state index contributed by atoms with van der Waals surface area (Å²) in [6.45, 7) is 8.41. The number of nitrogens with one attached hydrogen (secondary N) is 1. The van der Waals surface area contributed by atoms with Gasteiger partial charge in [0.15, 0.2) is 0 Å². The molecule has 0 saturated carbocycles. The van der Waals surface area contributed by atoms with Crippen molar-refractivity contribution in [3.8, 4) is 0 Å². The Labute approximate surface area is 123 Å². The van der Waals surface area contributed by atoms with Crippen LogP contribution in [0, 0.1) is 19.8 Å². The number of hydrogen-bond donors (Lipinski definition) is 1. The van der Waals surface area contributed by atoms with E-state index in [0.29, 0.717) is 5.92 Å². The number of aryl methyl sites for hydroxylation is 2. The molecule has 4 nitrogen and oxygen atoms in total. The second-order valence-corrected chi connectivity index (χ2v) is 6.37. The van der Waals surface area contributed by atoms with Crippen molar-refractivity contribution >= 4 is 17.2 Å². The van der Waals surface area contributed by atoms with Crippen LogP contribution < -0.4 is 5.32 Å². The van der Waals surface area contributed by atoms with Crippen molar-refractivity contribution in [2.75, 3.05) is 0 Å². The fourth-order valence-electron chi connectivity index (χ4n) is 2.22. The Morgan fingerprint density at radius 3 is 2.70 bits per heavy atom. The third-order valence-electron chi connectivity index (χ3n) is 3.23. The first-order valence-electron chi connectivity index (χ1n) is 6.81. The van der Waals surface area contributed by atoms with Crippen LogP contribution in [0.15, 0.2) is 23.6 Å². The highest BCUT2D eigenvalue weighted by atomic mass is 32.1. The van der Waals surface area contributed by atoms with E-state index in [0.717, 1.165) is 11.4 Å². The van der Waals surface area contributed by atoms with Gasteiger partial charge in [-0.2, -0.15) is 5.10 Å². The third-order valence-corrected chi connectivity index (χ3v) is 4.18. The summed E-state index contributed by atoms with van der Waals surface area (Å²) in [5.74, 6) is 0.362. The number of hydrogen-bond acceptors (Lipinski definition) is 3. The molecule has 0 aliphatic heterocycles. The Kier molecular flexibility index (Phi) is 4.60. The molecule has 1 atom stereocenters. The van der Waals surface area contributed by atoms with Crippen molar-refractivity contribution in [2.45, 2.75) is 40.3 Å². The molecule has 5 heteroatoms. The standard InChI is InChI=1S/C15H21N3OS/c1-10(2)15(13-6-5-7-20-13)16-14(19)9-18-12(4)8-11(3)17-18/h5-8,10,15H,9H2,1-4H3,(H,16,19)/t15-/m0/s1. The second kappa shape index (κ2) is 6.22. The number of carbonyl (C=O) groups is 1. The van der Waals surface area contributed by atoms with Crippen molar-refractivity contribution in [1.82, 2.24) is 15.1 Å². The SMILES string of the molecule is Cc1cc(C)n(CC(=O)N[C@H](c2cccs2)C(C)C)n1. The van der Waals surface area contributed by atoms with Crippen LogP contribution in [0.5, 0.6) is 0 Å². The smallest absolute Gasteiger partial charge is 0.242 e. The molecule has 20 heavy (non-hydrogen) atoms. The minimum atomic E-state index is 0.00306. The molecule has 0 aromatic carbocycles. The maximum Gasteiger partial charge on any atom is 0.242 e. The summed E-state index contributed by atoms with van der Waals surface area (Å²) < 4.78 is 1.75. The molecule has 2 heterocycles. The molecule has 2 aromatic heterocycles. The molecule has 1 N–H and O–H groups in total. The van der Waals surface area contributed by atoms with Crippen LogP contribution >= 0.6 is 11.3 Å². The molecule has 0 aliphatic carbocycles. The highest BCUT2D eigenvalue weighted by molar-refractivity contribution is 7.10. The van der Waals surface area contributed by atoms with E-state index in [1.54, 1.807) is 16.0 Å². The first-order chi connectivity index (χ1) is 9.47. The van der Waals surface area contributed by atoms with Gasteiger partial charge in [0.1, 0.15) is 6.54 Å². The van der Waals surface area contributed by atoms with Gasteiger partial charge in [0.25, 0.3) is 0 Å². The summed E-state index contributed by atoms with van der Waals surface area (Å²) in [7, 11) is 0. The van der Waals surface area contributed by atoms with E-state index in [9.17, 15) is 4.79 Å². The maximum atomic E-state index is 12.2. The fourth-order valence-corrected chi connectivity index (χ4v) is 3.17. The molecular formula is C15H21N3OS. The number of nitrogens with zero attached hydrogens (tertiary/aromatic N) is 2. The summed E-state index contributed by atoms with van der Waals surface area (Å²) in [6.07, 6.45) is 0. The molecule has 0 fully saturated rings. The number of amides is 1. The third kappa shape index (κ3) is 3.48. The molecule has 0 bridgehead atoms. The molecule has 108 valence electrons. The van der Waals surface area contributed by atoms with E-state index in [4.69, 9.17) is 0 Å². The van der Waals surface area contributed by atoms with Crippen molar-refractivity contribution in [3.63, 3.8) is 0 Å². The van der Waals surface area contributed by atoms with Crippen LogP contribution in [0.4, 0.5) is 0 Å².